The molecule has 0 aliphatic carbocycles. The van der Waals surface area contributed by atoms with E-state index in [4.69, 9.17) is 28.9 Å². The molecule has 0 bridgehead atoms. The maximum atomic E-state index is 5.84. The van der Waals surface area contributed by atoms with Gasteiger partial charge in [-0.05, 0) is 6.07 Å². The number of hydrogen-bond acceptors (Lipinski definition) is 2. The Labute approximate surface area is 85.3 Å². The number of nitrogens with two attached hydrogens (primary N) is 1. The highest BCUT2D eigenvalue weighted by Gasteiger charge is 2.07. The number of fused-ring (bicyclic) bond motifs is 1. The van der Waals surface area contributed by atoms with Crippen molar-refractivity contribution in [3.63, 3.8) is 0 Å². The van der Waals surface area contributed by atoms with Crippen LogP contribution in [0.25, 0.3) is 10.9 Å². The molecule has 2 rings (SSSR count). The molecule has 1 aromatic carbocycles. The maximum absolute atomic E-state index is 5.84. The van der Waals surface area contributed by atoms with Crippen molar-refractivity contribution in [3.05, 3.63) is 34.4 Å². The summed E-state index contributed by atoms with van der Waals surface area (Å²) in [6.45, 7) is 0. The predicted molar refractivity (Wildman–Crippen MR) is 56.2 cm³/mol. The van der Waals surface area contributed by atoms with E-state index < -0.39 is 0 Å². The molecule has 0 spiro atoms. The van der Waals surface area contributed by atoms with Crippen molar-refractivity contribution in [3.8, 4) is 0 Å². The smallest absolute Gasteiger partial charge is 0.150 e. The van der Waals surface area contributed by atoms with Gasteiger partial charge in [0.25, 0.3) is 0 Å². The summed E-state index contributed by atoms with van der Waals surface area (Å²) in [5.41, 5.74) is 7.00. The molecule has 2 nitrogen and oxygen atoms in total. The summed E-state index contributed by atoms with van der Waals surface area (Å²) in [5.74, 6) is 0. The largest absolute Gasteiger partial charge is 0.397 e. The number of pyridine rings is 1. The molecule has 1 aromatic heterocycles. The molecule has 0 radical (unpaired) electrons. The standard InChI is InChI=1S/C9H6Cl2N2/c10-7-8(12)5-3-1-2-4-6(5)13-9(7)11/h1-4H,(H2,12,13). The number of nitrogen functional groups attached to an aromatic ring is 1. The van der Waals surface area contributed by atoms with Gasteiger partial charge in [-0.2, -0.15) is 0 Å². The Balaban J connectivity index is 2.94. The van der Waals surface area contributed by atoms with Gasteiger partial charge in [0.1, 0.15) is 10.2 Å². The van der Waals surface area contributed by atoms with Gasteiger partial charge in [0.05, 0.1) is 11.2 Å². The number of aromatic nitrogens is 1. The first-order chi connectivity index (χ1) is 6.20. The zero-order valence-electron chi connectivity index (χ0n) is 6.59. The van der Waals surface area contributed by atoms with Gasteiger partial charge in [0.15, 0.2) is 0 Å². The summed E-state index contributed by atoms with van der Waals surface area (Å²) in [6, 6.07) is 7.46. The fraction of sp³-hybridized carbons (Fsp3) is 0. The molecular formula is C9H6Cl2N2. The average Bonchev–Trinajstić information content (AvgIpc) is 2.15. The van der Waals surface area contributed by atoms with Crippen molar-refractivity contribution in [1.82, 2.24) is 4.98 Å². The third-order valence-corrected chi connectivity index (χ3v) is 2.58. The fourth-order valence-corrected chi connectivity index (χ4v) is 1.52. The molecule has 66 valence electrons. The Morgan fingerprint density at radius 2 is 1.85 bits per heavy atom. The first-order valence-electron chi connectivity index (χ1n) is 3.69. The molecule has 2 aromatic rings. The van der Waals surface area contributed by atoms with Gasteiger partial charge >= 0.3 is 0 Å². The van der Waals surface area contributed by atoms with E-state index in [1.807, 2.05) is 24.3 Å². The zero-order chi connectivity index (χ0) is 9.42. The Hall–Kier alpha value is -0.990. The summed E-state index contributed by atoms with van der Waals surface area (Å²) >= 11 is 11.6. The Morgan fingerprint density at radius 3 is 2.62 bits per heavy atom. The lowest BCUT2D eigenvalue weighted by Crippen LogP contribution is -1.91. The van der Waals surface area contributed by atoms with E-state index in [0.717, 1.165) is 10.9 Å². The van der Waals surface area contributed by atoms with Crippen LogP contribution in [0.2, 0.25) is 10.2 Å². The molecule has 0 fully saturated rings. The number of anilines is 1. The Kier molecular flexibility index (Phi) is 2.02. The monoisotopic (exact) mass is 212 g/mol. The van der Waals surface area contributed by atoms with Crippen LogP contribution < -0.4 is 5.73 Å². The van der Waals surface area contributed by atoms with Crippen molar-refractivity contribution in [2.75, 3.05) is 5.73 Å². The van der Waals surface area contributed by atoms with Crippen molar-refractivity contribution in [1.29, 1.82) is 0 Å². The minimum Gasteiger partial charge on any atom is -0.397 e. The molecule has 4 heteroatoms. The molecular weight excluding hydrogens is 207 g/mol. The van der Waals surface area contributed by atoms with Gasteiger partial charge in [-0.15, -0.1) is 0 Å². The predicted octanol–water partition coefficient (Wildman–Crippen LogP) is 3.12. The first kappa shape index (κ1) is 8.60. The van der Waals surface area contributed by atoms with Crippen LogP contribution in [0.4, 0.5) is 5.69 Å². The lowest BCUT2D eigenvalue weighted by Gasteiger charge is -2.04. The second kappa shape index (κ2) is 3.05. The lowest BCUT2D eigenvalue weighted by atomic mass is 10.2. The van der Waals surface area contributed by atoms with Crippen molar-refractivity contribution < 1.29 is 0 Å². The quantitative estimate of drug-likeness (QED) is 0.682. The fourth-order valence-electron chi connectivity index (χ4n) is 1.18. The van der Waals surface area contributed by atoms with E-state index in [9.17, 15) is 0 Å². The molecule has 1 heterocycles. The van der Waals surface area contributed by atoms with Crippen LogP contribution >= 0.6 is 23.2 Å². The van der Waals surface area contributed by atoms with E-state index in [0.29, 0.717) is 10.7 Å². The number of rotatable bonds is 0. The van der Waals surface area contributed by atoms with E-state index in [-0.39, 0.29) is 5.15 Å². The SMILES string of the molecule is Nc1c(Cl)c(Cl)nc2ccccc12. The molecule has 13 heavy (non-hydrogen) atoms. The van der Waals surface area contributed by atoms with Crippen LogP contribution in [0.3, 0.4) is 0 Å². The number of para-hydroxylation sites is 1. The van der Waals surface area contributed by atoms with E-state index in [2.05, 4.69) is 4.98 Å². The van der Waals surface area contributed by atoms with E-state index >= 15 is 0 Å². The van der Waals surface area contributed by atoms with Gasteiger partial charge in [-0.3, -0.25) is 0 Å². The van der Waals surface area contributed by atoms with Crippen LogP contribution in [-0.2, 0) is 0 Å². The summed E-state index contributed by atoms with van der Waals surface area (Å²) in [4.78, 5) is 4.09. The van der Waals surface area contributed by atoms with Crippen molar-refractivity contribution in [2.24, 2.45) is 0 Å². The molecule has 0 aliphatic heterocycles. The molecule has 0 atom stereocenters. The Bertz CT molecular complexity index is 468. The van der Waals surface area contributed by atoms with Crippen molar-refractivity contribution >= 4 is 39.8 Å². The van der Waals surface area contributed by atoms with Crippen LogP contribution in [0, 0.1) is 0 Å². The molecule has 0 amide bonds. The average molecular weight is 213 g/mol. The second-order valence-electron chi connectivity index (χ2n) is 2.65. The Morgan fingerprint density at radius 1 is 1.15 bits per heavy atom. The molecule has 2 N–H and O–H groups in total. The van der Waals surface area contributed by atoms with Gasteiger partial charge in [-0.1, -0.05) is 41.4 Å². The van der Waals surface area contributed by atoms with Crippen LogP contribution in [0.5, 0.6) is 0 Å². The summed E-state index contributed by atoms with van der Waals surface area (Å²) < 4.78 is 0. The highest BCUT2D eigenvalue weighted by atomic mass is 35.5. The molecule has 0 aliphatic rings. The van der Waals surface area contributed by atoms with Gasteiger partial charge < -0.3 is 5.73 Å². The van der Waals surface area contributed by atoms with Gasteiger partial charge in [0, 0.05) is 5.39 Å². The highest BCUT2D eigenvalue weighted by molar-refractivity contribution is 6.44. The summed E-state index contributed by atoms with van der Waals surface area (Å²) in [5, 5.41) is 1.40. The van der Waals surface area contributed by atoms with Gasteiger partial charge in [-0.25, -0.2) is 4.98 Å². The second-order valence-corrected chi connectivity index (χ2v) is 3.38. The maximum Gasteiger partial charge on any atom is 0.150 e. The summed E-state index contributed by atoms with van der Waals surface area (Å²) in [6.07, 6.45) is 0. The van der Waals surface area contributed by atoms with E-state index in [1.165, 1.54) is 0 Å². The van der Waals surface area contributed by atoms with Gasteiger partial charge in [0.2, 0.25) is 0 Å². The van der Waals surface area contributed by atoms with E-state index in [1.54, 1.807) is 0 Å². The third-order valence-electron chi connectivity index (χ3n) is 1.83. The van der Waals surface area contributed by atoms with Crippen LogP contribution in [0.1, 0.15) is 0 Å². The molecule has 0 saturated heterocycles. The number of hydrogen-bond donors (Lipinski definition) is 1. The first-order valence-corrected chi connectivity index (χ1v) is 4.45. The lowest BCUT2D eigenvalue weighted by molar-refractivity contribution is 1.41. The highest BCUT2D eigenvalue weighted by Crippen LogP contribution is 2.32. The minimum absolute atomic E-state index is 0.248. The molecule has 0 unspecified atom stereocenters. The topological polar surface area (TPSA) is 38.9 Å². The minimum atomic E-state index is 0.248. The normalized spacial score (nSPS) is 10.6. The number of nitrogens with zero attached hydrogens (tertiary/aromatic N) is 1. The summed E-state index contributed by atoms with van der Waals surface area (Å²) in [7, 11) is 0. The molecule has 0 saturated carbocycles. The van der Waals surface area contributed by atoms with Crippen molar-refractivity contribution in [2.45, 2.75) is 0 Å². The van der Waals surface area contributed by atoms with Crippen LogP contribution in [0.15, 0.2) is 24.3 Å². The number of halogens is 2. The van der Waals surface area contributed by atoms with Crippen LogP contribution in [-0.4, -0.2) is 4.98 Å². The zero-order valence-corrected chi connectivity index (χ0v) is 8.10. The number of benzene rings is 1. The third kappa shape index (κ3) is 1.32.